The van der Waals surface area contributed by atoms with E-state index in [0.717, 1.165) is 21.3 Å². The lowest BCUT2D eigenvalue weighted by atomic mass is 10.3. The number of hydrogen-bond acceptors (Lipinski definition) is 3. The number of benzene rings is 1. The summed E-state index contributed by atoms with van der Waals surface area (Å²) in [6.45, 7) is 0. The molecular weight excluding hydrogens is 192 g/mol. The Kier molecular flexibility index (Phi) is 1.64. The number of fused-ring (bicyclic) bond motifs is 2. The van der Waals surface area contributed by atoms with Gasteiger partial charge in [-0.05, 0) is 23.6 Å². The van der Waals surface area contributed by atoms with Crippen molar-refractivity contribution in [3.8, 4) is 0 Å². The SMILES string of the molecule is C1=c2ccsc2=Nc2ccccc2N1. The first kappa shape index (κ1) is 7.76. The van der Waals surface area contributed by atoms with Gasteiger partial charge < -0.3 is 5.32 Å². The molecule has 0 atom stereocenters. The van der Waals surface area contributed by atoms with E-state index in [9.17, 15) is 0 Å². The lowest BCUT2D eigenvalue weighted by Gasteiger charge is -2.01. The molecule has 2 aromatic rings. The van der Waals surface area contributed by atoms with Crippen LogP contribution in [-0.4, -0.2) is 0 Å². The zero-order valence-corrected chi connectivity index (χ0v) is 8.21. The van der Waals surface area contributed by atoms with E-state index in [1.165, 1.54) is 0 Å². The highest BCUT2D eigenvalue weighted by Gasteiger charge is 2.01. The van der Waals surface area contributed by atoms with E-state index in [0.29, 0.717) is 0 Å². The maximum Gasteiger partial charge on any atom is 0.125 e. The van der Waals surface area contributed by atoms with Crippen LogP contribution in [0.15, 0.2) is 40.7 Å². The van der Waals surface area contributed by atoms with Gasteiger partial charge in [-0.15, -0.1) is 11.3 Å². The molecule has 3 rings (SSSR count). The molecule has 3 heteroatoms. The minimum atomic E-state index is 1.00. The second-order valence-electron chi connectivity index (χ2n) is 3.10. The predicted molar refractivity (Wildman–Crippen MR) is 59.3 cm³/mol. The fraction of sp³-hybridized carbons (Fsp3) is 0. The number of hydrogen-bond donors (Lipinski definition) is 1. The Labute approximate surface area is 85.2 Å². The largest absolute Gasteiger partial charge is 0.359 e. The predicted octanol–water partition coefficient (Wildman–Crippen LogP) is 1.86. The highest BCUT2D eigenvalue weighted by Crippen LogP contribution is 2.24. The van der Waals surface area contributed by atoms with Crippen molar-refractivity contribution in [3.05, 3.63) is 45.6 Å². The van der Waals surface area contributed by atoms with E-state index in [4.69, 9.17) is 0 Å². The van der Waals surface area contributed by atoms with Crippen molar-refractivity contribution in [1.82, 2.24) is 0 Å². The summed E-state index contributed by atoms with van der Waals surface area (Å²) in [6, 6.07) is 10.1. The van der Waals surface area contributed by atoms with E-state index in [1.54, 1.807) is 11.3 Å². The average Bonchev–Trinajstić information content (AvgIpc) is 2.58. The summed E-state index contributed by atoms with van der Waals surface area (Å²) in [4.78, 5) is 4.59. The molecule has 0 saturated carbocycles. The van der Waals surface area contributed by atoms with Gasteiger partial charge in [0.2, 0.25) is 0 Å². The first-order valence-electron chi connectivity index (χ1n) is 4.41. The first-order chi connectivity index (χ1) is 6.93. The van der Waals surface area contributed by atoms with Gasteiger partial charge in [0.05, 0.1) is 11.4 Å². The fourth-order valence-electron chi connectivity index (χ4n) is 1.47. The lowest BCUT2D eigenvalue weighted by molar-refractivity contribution is 1.41. The van der Waals surface area contributed by atoms with Crippen LogP contribution in [-0.2, 0) is 0 Å². The van der Waals surface area contributed by atoms with Gasteiger partial charge in [0.25, 0.3) is 0 Å². The molecule has 14 heavy (non-hydrogen) atoms. The molecule has 0 unspecified atom stereocenters. The summed E-state index contributed by atoms with van der Waals surface area (Å²) < 4.78 is 1.07. The number of para-hydroxylation sites is 2. The Bertz CT molecular complexity index is 583. The van der Waals surface area contributed by atoms with Gasteiger partial charge in [-0.3, -0.25) is 0 Å². The highest BCUT2D eigenvalue weighted by atomic mass is 32.1. The molecule has 2 heterocycles. The van der Waals surface area contributed by atoms with Crippen LogP contribution in [0.2, 0.25) is 0 Å². The van der Waals surface area contributed by atoms with Gasteiger partial charge in [-0.25, -0.2) is 4.99 Å². The van der Waals surface area contributed by atoms with Crippen molar-refractivity contribution >= 4 is 28.9 Å². The Morgan fingerprint density at radius 3 is 3.07 bits per heavy atom. The molecule has 0 spiro atoms. The summed E-state index contributed by atoms with van der Waals surface area (Å²) in [6.07, 6.45) is 2.00. The quantitative estimate of drug-likeness (QED) is 0.689. The van der Waals surface area contributed by atoms with Crippen molar-refractivity contribution in [3.63, 3.8) is 0 Å². The average molecular weight is 200 g/mol. The zero-order valence-electron chi connectivity index (χ0n) is 7.40. The van der Waals surface area contributed by atoms with Crippen LogP contribution >= 0.6 is 11.3 Å². The molecule has 2 nitrogen and oxygen atoms in total. The Hall–Kier alpha value is -1.61. The summed E-state index contributed by atoms with van der Waals surface area (Å²) in [5.74, 6) is 0. The zero-order chi connectivity index (χ0) is 9.38. The number of nitrogens with one attached hydrogen (secondary N) is 1. The van der Waals surface area contributed by atoms with E-state index in [2.05, 4.69) is 21.8 Å². The van der Waals surface area contributed by atoms with Gasteiger partial charge in [-0.2, -0.15) is 0 Å². The molecule has 1 aliphatic rings. The Balaban J connectivity index is 2.36. The maximum atomic E-state index is 4.59. The van der Waals surface area contributed by atoms with Crippen molar-refractivity contribution < 1.29 is 0 Å². The molecule has 0 saturated heterocycles. The number of rotatable bonds is 0. The van der Waals surface area contributed by atoms with E-state index in [1.807, 2.05) is 30.5 Å². The summed E-state index contributed by atoms with van der Waals surface area (Å²) in [5.41, 5.74) is 2.07. The summed E-state index contributed by atoms with van der Waals surface area (Å²) >= 11 is 1.66. The molecule has 0 aliphatic carbocycles. The Morgan fingerprint density at radius 2 is 2.07 bits per heavy atom. The minimum absolute atomic E-state index is 1.00. The molecule has 1 aromatic carbocycles. The van der Waals surface area contributed by atoms with Crippen LogP contribution in [0.5, 0.6) is 0 Å². The summed E-state index contributed by atoms with van der Waals surface area (Å²) in [7, 11) is 0. The molecule has 0 radical (unpaired) electrons. The minimum Gasteiger partial charge on any atom is -0.359 e. The molecule has 0 fully saturated rings. The normalized spacial score (nSPS) is 12.6. The smallest absolute Gasteiger partial charge is 0.125 e. The third kappa shape index (κ3) is 1.14. The molecule has 68 valence electrons. The van der Waals surface area contributed by atoms with Crippen LogP contribution in [0.25, 0.3) is 6.20 Å². The van der Waals surface area contributed by atoms with E-state index in [-0.39, 0.29) is 0 Å². The molecule has 0 bridgehead atoms. The third-order valence-corrected chi connectivity index (χ3v) is 3.01. The fourth-order valence-corrected chi connectivity index (χ4v) is 2.23. The number of anilines is 1. The molecular formula is C11H8N2S. The van der Waals surface area contributed by atoms with Gasteiger partial charge in [0.15, 0.2) is 0 Å². The van der Waals surface area contributed by atoms with Crippen LogP contribution in [0.1, 0.15) is 0 Å². The molecule has 1 aromatic heterocycles. The summed E-state index contributed by atoms with van der Waals surface area (Å²) in [5, 5.41) is 6.47. The first-order valence-corrected chi connectivity index (χ1v) is 5.29. The highest BCUT2D eigenvalue weighted by molar-refractivity contribution is 7.07. The lowest BCUT2D eigenvalue weighted by Crippen LogP contribution is -2.17. The second kappa shape index (κ2) is 2.96. The molecule has 0 amide bonds. The molecule has 1 N–H and O–H groups in total. The number of nitrogens with zero attached hydrogens (tertiary/aromatic N) is 1. The van der Waals surface area contributed by atoms with E-state index < -0.39 is 0 Å². The van der Waals surface area contributed by atoms with Crippen LogP contribution < -0.4 is 15.2 Å². The van der Waals surface area contributed by atoms with Crippen molar-refractivity contribution in [2.75, 3.05) is 5.32 Å². The monoisotopic (exact) mass is 200 g/mol. The van der Waals surface area contributed by atoms with Crippen LogP contribution in [0.3, 0.4) is 0 Å². The van der Waals surface area contributed by atoms with Crippen molar-refractivity contribution in [1.29, 1.82) is 0 Å². The van der Waals surface area contributed by atoms with Gasteiger partial charge in [0, 0.05) is 11.4 Å². The number of thiophene rings is 1. The van der Waals surface area contributed by atoms with E-state index >= 15 is 0 Å². The van der Waals surface area contributed by atoms with Crippen LogP contribution in [0.4, 0.5) is 11.4 Å². The van der Waals surface area contributed by atoms with Gasteiger partial charge >= 0.3 is 0 Å². The van der Waals surface area contributed by atoms with Crippen LogP contribution in [0, 0.1) is 0 Å². The van der Waals surface area contributed by atoms with Gasteiger partial charge in [0.1, 0.15) is 4.67 Å². The third-order valence-electron chi connectivity index (χ3n) is 2.18. The Morgan fingerprint density at radius 1 is 1.14 bits per heavy atom. The van der Waals surface area contributed by atoms with Gasteiger partial charge in [-0.1, -0.05) is 12.1 Å². The topological polar surface area (TPSA) is 24.4 Å². The standard InChI is InChI=1S/C11H8N2S/c1-2-4-10-9(3-1)12-7-8-5-6-14-11(8)13-10/h1-7,12H. The van der Waals surface area contributed by atoms with Crippen molar-refractivity contribution in [2.45, 2.75) is 0 Å². The maximum absolute atomic E-state index is 4.59. The second-order valence-corrected chi connectivity index (χ2v) is 3.99. The van der Waals surface area contributed by atoms with Crippen molar-refractivity contribution in [2.24, 2.45) is 4.99 Å². The molecule has 1 aliphatic heterocycles.